The van der Waals surface area contributed by atoms with Crippen LogP contribution < -0.4 is 5.73 Å². The monoisotopic (exact) mass is 255 g/mol. The summed E-state index contributed by atoms with van der Waals surface area (Å²) >= 11 is 0. The first-order valence-electron chi connectivity index (χ1n) is 5.50. The molecule has 100 valence electrons. The van der Waals surface area contributed by atoms with Crippen molar-refractivity contribution in [3.8, 4) is 0 Å². The van der Waals surface area contributed by atoms with E-state index in [4.69, 9.17) is 15.2 Å². The normalized spacial score (nSPS) is 11.1. The maximum absolute atomic E-state index is 11.7. The van der Waals surface area contributed by atoms with Gasteiger partial charge in [-0.05, 0) is 27.7 Å². The molecule has 2 N–H and O–H groups in total. The van der Waals surface area contributed by atoms with Gasteiger partial charge in [0.05, 0.1) is 6.61 Å². The van der Waals surface area contributed by atoms with Gasteiger partial charge >= 0.3 is 12.1 Å². The van der Waals surface area contributed by atoms with Gasteiger partial charge in [-0.3, -0.25) is 0 Å². The highest BCUT2D eigenvalue weighted by atomic mass is 16.6. The van der Waals surface area contributed by atoms with Crippen LogP contribution >= 0.6 is 0 Å². The Morgan fingerprint density at radius 3 is 2.56 bits per heavy atom. The van der Waals surface area contributed by atoms with Crippen LogP contribution in [0.5, 0.6) is 0 Å². The predicted octanol–water partition coefficient (Wildman–Crippen LogP) is 1.43. The molecule has 0 saturated carbocycles. The summed E-state index contributed by atoms with van der Waals surface area (Å²) in [5, 5.41) is 3.76. The third kappa shape index (κ3) is 3.47. The van der Waals surface area contributed by atoms with Gasteiger partial charge in [0.25, 0.3) is 0 Å². The van der Waals surface area contributed by atoms with Crippen LogP contribution in [0.15, 0.2) is 6.07 Å². The Hall–Kier alpha value is -2.05. The van der Waals surface area contributed by atoms with Gasteiger partial charge in [-0.2, -0.15) is 5.10 Å². The molecule has 1 heterocycles. The van der Waals surface area contributed by atoms with E-state index in [-0.39, 0.29) is 18.1 Å². The number of carbonyl (C=O) groups excluding carboxylic acids is 2. The molecular formula is C11H17N3O4. The first-order valence-corrected chi connectivity index (χ1v) is 5.50. The fourth-order valence-electron chi connectivity index (χ4n) is 1.15. The van der Waals surface area contributed by atoms with Crippen molar-refractivity contribution < 1.29 is 19.1 Å². The second kappa shape index (κ2) is 5.07. The van der Waals surface area contributed by atoms with Crippen molar-refractivity contribution in [1.29, 1.82) is 0 Å². The number of carbonyl (C=O) groups is 2. The molecule has 1 aromatic heterocycles. The molecule has 0 aliphatic carbocycles. The molecule has 1 aromatic rings. The fourth-order valence-corrected chi connectivity index (χ4v) is 1.15. The molecule has 0 atom stereocenters. The van der Waals surface area contributed by atoms with E-state index < -0.39 is 17.7 Å². The highest BCUT2D eigenvalue weighted by Crippen LogP contribution is 2.13. The van der Waals surface area contributed by atoms with E-state index in [0.29, 0.717) is 0 Å². The fraction of sp³-hybridized carbons (Fsp3) is 0.545. The second-order valence-electron chi connectivity index (χ2n) is 4.57. The zero-order chi connectivity index (χ0) is 13.9. The first kappa shape index (κ1) is 14.0. The van der Waals surface area contributed by atoms with Gasteiger partial charge in [0.2, 0.25) is 0 Å². The number of ether oxygens (including phenoxy) is 2. The third-order valence-electron chi connectivity index (χ3n) is 1.79. The Balaban J connectivity index is 2.91. The lowest BCUT2D eigenvalue weighted by molar-refractivity contribution is 0.0503. The quantitative estimate of drug-likeness (QED) is 0.803. The number of nitrogens with zero attached hydrogens (tertiary/aromatic N) is 2. The predicted molar refractivity (Wildman–Crippen MR) is 64.2 cm³/mol. The molecule has 18 heavy (non-hydrogen) atoms. The summed E-state index contributed by atoms with van der Waals surface area (Å²) in [7, 11) is 0. The molecule has 1 rings (SSSR count). The summed E-state index contributed by atoms with van der Waals surface area (Å²) in [5.74, 6) is -0.612. The number of hydrogen-bond donors (Lipinski definition) is 1. The molecule has 0 aliphatic heterocycles. The van der Waals surface area contributed by atoms with Crippen LogP contribution in [0, 0.1) is 0 Å². The number of anilines is 1. The van der Waals surface area contributed by atoms with E-state index in [0.717, 1.165) is 4.68 Å². The number of nitrogens with two attached hydrogens (primary N) is 1. The number of rotatable bonds is 2. The van der Waals surface area contributed by atoms with Crippen molar-refractivity contribution in [2.75, 3.05) is 12.3 Å². The lowest BCUT2D eigenvalue weighted by atomic mass is 10.2. The molecule has 7 heteroatoms. The molecule has 0 aliphatic rings. The van der Waals surface area contributed by atoms with Crippen molar-refractivity contribution >= 4 is 17.9 Å². The summed E-state index contributed by atoms with van der Waals surface area (Å²) < 4.78 is 10.7. The smallest absolute Gasteiger partial charge is 0.437 e. The molecule has 0 spiro atoms. The lowest BCUT2D eigenvalue weighted by Gasteiger charge is -2.19. The largest absolute Gasteiger partial charge is 0.461 e. The Morgan fingerprint density at radius 1 is 1.44 bits per heavy atom. The van der Waals surface area contributed by atoms with Crippen LogP contribution in [-0.2, 0) is 9.47 Å². The van der Waals surface area contributed by atoms with Crippen LogP contribution in [0.1, 0.15) is 38.2 Å². The lowest BCUT2D eigenvalue weighted by Crippen LogP contribution is -2.28. The second-order valence-corrected chi connectivity index (χ2v) is 4.57. The van der Waals surface area contributed by atoms with E-state index in [1.54, 1.807) is 27.7 Å². The molecule has 0 fully saturated rings. The highest BCUT2D eigenvalue weighted by Gasteiger charge is 2.22. The van der Waals surface area contributed by atoms with E-state index >= 15 is 0 Å². The van der Waals surface area contributed by atoms with Crippen molar-refractivity contribution in [3.63, 3.8) is 0 Å². The molecule has 7 nitrogen and oxygen atoms in total. The van der Waals surface area contributed by atoms with Gasteiger partial charge in [-0.25, -0.2) is 9.59 Å². The van der Waals surface area contributed by atoms with Crippen molar-refractivity contribution in [3.05, 3.63) is 11.8 Å². The number of nitrogen functional groups attached to an aromatic ring is 1. The summed E-state index contributed by atoms with van der Waals surface area (Å²) in [4.78, 5) is 23.1. The van der Waals surface area contributed by atoms with Gasteiger partial charge in [0.1, 0.15) is 11.4 Å². The molecule has 0 aromatic carbocycles. The van der Waals surface area contributed by atoms with Gasteiger partial charge in [0.15, 0.2) is 5.69 Å². The minimum atomic E-state index is -0.740. The Bertz CT molecular complexity index is 459. The standard InChI is InChI=1S/C11H17N3O4/c1-5-17-9(15)7-6-8(12)14(13-7)10(16)18-11(2,3)4/h6H,5,12H2,1-4H3. The third-order valence-corrected chi connectivity index (χ3v) is 1.79. The van der Waals surface area contributed by atoms with Gasteiger partial charge in [-0.1, -0.05) is 0 Å². The summed E-state index contributed by atoms with van der Waals surface area (Å²) in [6.45, 7) is 7.05. The van der Waals surface area contributed by atoms with E-state index in [2.05, 4.69) is 5.10 Å². The minimum absolute atomic E-state index is 0.0207. The molecule has 0 amide bonds. The number of aromatic nitrogens is 2. The number of hydrogen-bond acceptors (Lipinski definition) is 6. The highest BCUT2D eigenvalue weighted by molar-refractivity contribution is 5.89. The minimum Gasteiger partial charge on any atom is -0.461 e. The van der Waals surface area contributed by atoms with Gasteiger partial charge in [0, 0.05) is 6.07 Å². The van der Waals surface area contributed by atoms with Crippen LogP contribution in [0.4, 0.5) is 10.6 Å². The topological polar surface area (TPSA) is 96.4 Å². The van der Waals surface area contributed by atoms with E-state index in [9.17, 15) is 9.59 Å². The van der Waals surface area contributed by atoms with Crippen LogP contribution in [0.25, 0.3) is 0 Å². The summed E-state index contributed by atoms with van der Waals surface area (Å²) in [6, 6.07) is 1.27. The SMILES string of the molecule is CCOC(=O)c1cc(N)n(C(=O)OC(C)(C)C)n1. The zero-order valence-corrected chi connectivity index (χ0v) is 10.9. The summed E-state index contributed by atoms with van der Waals surface area (Å²) in [5.41, 5.74) is 4.89. The Kier molecular flexibility index (Phi) is 3.95. The van der Waals surface area contributed by atoms with Gasteiger partial charge < -0.3 is 15.2 Å². The average molecular weight is 255 g/mol. The maximum atomic E-state index is 11.7. The van der Waals surface area contributed by atoms with Crippen LogP contribution in [-0.4, -0.2) is 34.1 Å². The zero-order valence-electron chi connectivity index (χ0n) is 10.9. The Labute approximate surface area is 105 Å². The maximum Gasteiger partial charge on any atom is 0.437 e. The summed E-state index contributed by atoms with van der Waals surface area (Å²) in [6.07, 6.45) is -0.740. The molecular weight excluding hydrogens is 238 g/mol. The average Bonchev–Trinajstić information content (AvgIpc) is 2.58. The number of esters is 1. The van der Waals surface area contributed by atoms with Crippen molar-refractivity contribution in [1.82, 2.24) is 9.78 Å². The van der Waals surface area contributed by atoms with Gasteiger partial charge in [-0.15, -0.1) is 4.68 Å². The van der Waals surface area contributed by atoms with Crippen molar-refractivity contribution in [2.24, 2.45) is 0 Å². The Morgan fingerprint density at radius 2 is 2.06 bits per heavy atom. The molecule has 0 saturated heterocycles. The van der Waals surface area contributed by atoms with Crippen molar-refractivity contribution in [2.45, 2.75) is 33.3 Å². The first-order chi connectivity index (χ1) is 8.24. The van der Waals surface area contributed by atoms with Crippen LogP contribution in [0.2, 0.25) is 0 Å². The molecule has 0 bridgehead atoms. The molecule has 0 unspecified atom stereocenters. The van der Waals surface area contributed by atoms with E-state index in [1.807, 2.05) is 0 Å². The van der Waals surface area contributed by atoms with E-state index in [1.165, 1.54) is 6.07 Å². The van der Waals surface area contributed by atoms with Crippen LogP contribution in [0.3, 0.4) is 0 Å². The molecule has 0 radical (unpaired) electrons.